The average Bonchev–Trinajstić information content (AvgIpc) is 2.33. The molecule has 0 fully saturated rings. The molecule has 0 aliphatic rings. The summed E-state index contributed by atoms with van der Waals surface area (Å²) in [4.78, 5) is 3.88. The van der Waals surface area contributed by atoms with Crippen molar-refractivity contribution in [2.45, 2.75) is 0 Å². The minimum atomic E-state index is -0.338. The molecule has 0 saturated carbocycles. The average molecular weight is 294 g/mol. The lowest BCUT2D eigenvalue weighted by molar-refractivity contribution is 0.628. The van der Waals surface area contributed by atoms with Crippen molar-refractivity contribution < 1.29 is 4.39 Å². The number of imidazole rings is 1. The second kappa shape index (κ2) is 2.81. The molecule has 62 valence electrons. The Hall–Kier alpha value is -0.420. The predicted molar refractivity (Wildman–Crippen MR) is 50.6 cm³/mol. The van der Waals surface area contributed by atoms with Gasteiger partial charge in [-0.25, -0.2) is 9.37 Å². The first kappa shape index (κ1) is 8.19. The first-order valence-electron chi connectivity index (χ1n) is 3.16. The zero-order chi connectivity index (χ0) is 8.72. The van der Waals surface area contributed by atoms with Crippen LogP contribution in [0, 0.1) is 5.82 Å². The van der Waals surface area contributed by atoms with E-state index in [-0.39, 0.29) is 5.82 Å². The van der Waals surface area contributed by atoms with E-state index in [1.165, 1.54) is 6.07 Å². The predicted octanol–water partition coefficient (Wildman–Crippen LogP) is 3.00. The molecule has 2 rings (SSSR count). The lowest BCUT2D eigenvalue weighted by Gasteiger charge is -1.97. The van der Waals surface area contributed by atoms with E-state index in [4.69, 9.17) is 0 Å². The molecule has 2 heterocycles. The molecule has 2 nitrogen and oxygen atoms in total. The Morgan fingerprint density at radius 1 is 1.42 bits per heavy atom. The molecule has 0 spiro atoms. The molecule has 0 amide bonds. The van der Waals surface area contributed by atoms with Gasteiger partial charge < -0.3 is 0 Å². The topological polar surface area (TPSA) is 17.3 Å². The van der Waals surface area contributed by atoms with Crippen molar-refractivity contribution in [1.29, 1.82) is 0 Å². The summed E-state index contributed by atoms with van der Waals surface area (Å²) in [5.41, 5.74) is 0.324. The Kier molecular flexibility index (Phi) is 1.92. The molecule has 2 aromatic heterocycles. The van der Waals surface area contributed by atoms with Gasteiger partial charge in [-0.3, -0.25) is 4.40 Å². The first-order valence-corrected chi connectivity index (χ1v) is 4.74. The molecule has 0 radical (unpaired) electrons. The van der Waals surface area contributed by atoms with Gasteiger partial charge >= 0.3 is 0 Å². The number of rotatable bonds is 0. The summed E-state index contributed by atoms with van der Waals surface area (Å²) in [5.74, 6) is -0.338. The van der Waals surface area contributed by atoms with Crippen LogP contribution in [-0.4, -0.2) is 9.38 Å². The minimum Gasteiger partial charge on any atom is -0.291 e. The number of fused-ring (bicyclic) bond motifs is 1. The molecule has 12 heavy (non-hydrogen) atoms. The van der Waals surface area contributed by atoms with E-state index in [2.05, 4.69) is 36.8 Å². The smallest absolute Gasteiger partial charge is 0.174 e. The van der Waals surface area contributed by atoms with Gasteiger partial charge in [-0.05, 0) is 37.9 Å². The second-order valence-corrected chi connectivity index (χ2v) is 4.01. The number of pyridine rings is 1. The third-order valence-corrected chi connectivity index (χ3v) is 2.50. The van der Waals surface area contributed by atoms with Crippen molar-refractivity contribution in [3.05, 3.63) is 33.4 Å². The number of aromatic nitrogens is 2. The van der Waals surface area contributed by atoms with Gasteiger partial charge in [0, 0.05) is 10.7 Å². The monoisotopic (exact) mass is 292 g/mol. The molecule has 0 bridgehead atoms. The molecular formula is C7H3Br2FN2. The van der Waals surface area contributed by atoms with Gasteiger partial charge in [0.2, 0.25) is 0 Å². The van der Waals surface area contributed by atoms with Crippen LogP contribution in [0.5, 0.6) is 0 Å². The Balaban J connectivity index is 2.92. The Morgan fingerprint density at radius 2 is 2.17 bits per heavy atom. The van der Waals surface area contributed by atoms with Crippen molar-refractivity contribution in [3.8, 4) is 0 Å². The summed E-state index contributed by atoms with van der Waals surface area (Å²) < 4.78 is 16.2. The third kappa shape index (κ3) is 1.17. The number of nitrogens with zero attached hydrogens (tertiary/aromatic N) is 2. The lowest BCUT2D eigenvalue weighted by Crippen LogP contribution is -1.88. The molecule has 0 aliphatic heterocycles. The van der Waals surface area contributed by atoms with Crippen LogP contribution in [0.3, 0.4) is 0 Å². The fourth-order valence-electron chi connectivity index (χ4n) is 0.986. The molecule has 0 N–H and O–H groups in total. The van der Waals surface area contributed by atoms with E-state index >= 15 is 0 Å². The van der Waals surface area contributed by atoms with E-state index in [0.29, 0.717) is 10.1 Å². The standard InChI is InChI=1S/C7H3Br2FN2/c8-4-1-5(10)7-11-2-6(9)12(7)3-4/h1-3H. The van der Waals surface area contributed by atoms with Crippen molar-refractivity contribution >= 4 is 37.5 Å². The first-order chi connectivity index (χ1) is 5.68. The van der Waals surface area contributed by atoms with Gasteiger partial charge in [-0.15, -0.1) is 0 Å². The zero-order valence-electron chi connectivity index (χ0n) is 5.76. The van der Waals surface area contributed by atoms with Crippen LogP contribution in [0.2, 0.25) is 0 Å². The van der Waals surface area contributed by atoms with E-state index in [1.807, 2.05) is 0 Å². The van der Waals surface area contributed by atoms with Crippen LogP contribution in [0.1, 0.15) is 0 Å². The van der Waals surface area contributed by atoms with Gasteiger partial charge in [0.05, 0.1) is 6.20 Å². The van der Waals surface area contributed by atoms with Crippen LogP contribution in [0.4, 0.5) is 4.39 Å². The highest BCUT2D eigenvalue weighted by atomic mass is 79.9. The van der Waals surface area contributed by atoms with Crippen molar-refractivity contribution in [2.24, 2.45) is 0 Å². The molecule has 0 aliphatic carbocycles. The maximum Gasteiger partial charge on any atom is 0.174 e. The molecule has 0 saturated heterocycles. The fourth-order valence-corrected chi connectivity index (χ4v) is 1.76. The summed E-state index contributed by atoms with van der Waals surface area (Å²) >= 11 is 6.44. The SMILES string of the molecule is Fc1cc(Br)cn2c(Br)cnc12. The number of halogens is 3. The third-order valence-electron chi connectivity index (χ3n) is 1.48. The minimum absolute atomic E-state index is 0.324. The van der Waals surface area contributed by atoms with Gasteiger partial charge in [0.15, 0.2) is 11.5 Å². The highest BCUT2D eigenvalue weighted by Crippen LogP contribution is 2.19. The lowest BCUT2D eigenvalue weighted by atomic mass is 10.4. The molecule has 2 aromatic rings. The second-order valence-electron chi connectivity index (χ2n) is 2.28. The van der Waals surface area contributed by atoms with E-state index in [9.17, 15) is 4.39 Å². The van der Waals surface area contributed by atoms with Crippen molar-refractivity contribution in [2.75, 3.05) is 0 Å². The highest BCUT2D eigenvalue weighted by molar-refractivity contribution is 9.10. The largest absolute Gasteiger partial charge is 0.291 e. The number of hydrogen-bond donors (Lipinski definition) is 0. The Labute approximate surface area is 84.7 Å². The maximum absolute atomic E-state index is 13.1. The van der Waals surface area contributed by atoms with Crippen molar-refractivity contribution in [3.63, 3.8) is 0 Å². The highest BCUT2D eigenvalue weighted by Gasteiger charge is 2.06. The Bertz CT molecular complexity index is 438. The summed E-state index contributed by atoms with van der Waals surface area (Å²) in [6.07, 6.45) is 3.31. The van der Waals surface area contributed by atoms with E-state index < -0.39 is 0 Å². The van der Waals surface area contributed by atoms with Crippen LogP contribution in [-0.2, 0) is 0 Å². The quantitative estimate of drug-likeness (QED) is 0.730. The van der Waals surface area contributed by atoms with Gasteiger partial charge in [-0.2, -0.15) is 0 Å². The normalized spacial score (nSPS) is 10.9. The molecular weight excluding hydrogens is 291 g/mol. The summed E-state index contributed by atoms with van der Waals surface area (Å²) in [6, 6.07) is 1.38. The van der Waals surface area contributed by atoms with E-state index in [1.54, 1.807) is 16.8 Å². The van der Waals surface area contributed by atoms with Crippen LogP contribution < -0.4 is 0 Å². The molecule has 0 unspecified atom stereocenters. The maximum atomic E-state index is 13.1. The van der Waals surface area contributed by atoms with Gasteiger partial charge in [-0.1, -0.05) is 0 Å². The molecule has 0 aromatic carbocycles. The van der Waals surface area contributed by atoms with Crippen LogP contribution in [0.15, 0.2) is 27.5 Å². The van der Waals surface area contributed by atoms with Crippen LogP contribution in [0.25, 0.3) is 5.65 Å². The zero-order valence-corrected chi connectivity index (χ0v) is 8.93. The van der Waals surface area contributed by atoms with Crippen molar-refractivity contribution in [1.82, 2.24) is 9.38 Å². The van der Waals surface area contributed by atoms with Crippen LogP contribution >= 0.6 is 31.9 Å². The van der Waals surface area contributed by atoms with E-state index in [0.717, 1.165) is 4.60 Å². The number of hydrogen-bond acceptors (Lipinski definition) is 1. The summed E-state index contributed by atoms with van der Waals surface area (Å²) in [5, 5.41) is 0. The fraction of sp³-hybridized carbons (Fsp3) is 0. The molecule has 5 heteroatoms. The summed E-state index contributed by atoms with van der Waals surface area (Å²) in [6.45, 7) is 0. The van der Waals surface area contributed by atoms with Gasteiger partial charge in [0.25, 0.3) is 0 Å². The Morgan fingerprint density at radius 3 is 2.92 bits per heavy atom. The van der Waals surface area contributed by atoms with Gasteiger partial charge in [0.1, 0.15) is 4.60 Å². The summed E-state index contributed by atoms with van der Waals surface area (Å²) in [7, 11) is 0. The molecule has 0 atom stereocenters.